The molecule has 0 bridgehead atoms. The number of hydrogen-bond donors (Lipinski definition) is 3. The van der Waals surface area contributed by atoms with Crippen LogP contribution in [0.15, 0.2) is 59.8 Å². The lowest BCUT2D eigenvalue weighted by Gasteiger charge is -2.05. The minimum absolute atomic E-state index is 0.641. The Hall–Kier alpha value is -3.95. The number of nitrogens with zero attached hydrogens (tertiary/aromatic N) is 5. The highest BCUT2D eigenvalue weighted by Crippen LogP contribution is 2.32. The van der Waals surface area contributed by atoms with Crippen LogP contribution in [-0.2, 0) is 6.54 Å². The molecule has 0 aliphatic rings. The maximum atomic E-state index is 4.88. The van der Waals surface area contributed by atoms with Crippen LogP contribution in [0.4, 0.5) is 0 Å². The first-order valence-corrected chi connectivity index (χ1v) is 11.6. The van der Waals surface area contributed by atoms with Crippen molar-refractivity contribution < 1.29 is 0 Å². The van der Waals surface area contributed by atoms with Gasteiger partial charge in [0, 0.05) is 53.4 Å². The normalized spacial score (nSPS) is 11.5. The Morgan fingerprint density at radius 2 is 1.97 bits per heavy atom. The fourth-order valence-electron chi connectivity index (χ4n) is 3.91. The number of H-pyrrole nitrogens is 2. The lowest BCUT2D eigenvalue weighted by Crippen LogP contribution is -2.11. The number of thiophene rings is 1. The third-order valence-corrected chi connectivity index (χ3v) is 6.23. The van der Waals surface area contributed by atoms with E-state index in [9.17, 15) is 0 Å². The van der Waals surface area contributed by atoms with Gasteiger partial charge in [-0.2, -0.15) is 16.4 Å². The molecule has 0 saturated carbocycles. The number of fused-ring (bicyclic) bond motifs is 2. The highest BCUT2D eigenvalue weighted by Gasteiger charge is 2.16. The van der Waals surface area contributed by atoms with Gasteiger partial charge in [0.15, 0.2) is 11.5 Å². The zero-order chi connectivity index (χ0) is 22.2. The van der Waals surface area contributed by atoms with Crippen molar-refractivity contribution in [2.24, 2.45) is 0 Å². The van der Waals surface area contributed by atoms with E-state index in [4.69, 9.17) is 4.98 Å². The van der Waals surface area contributed by atoms with Gasteiger partial charge < -0.3 is 10.3 Å². The summed E-state index contributed by atoms with van der Waals surface area (Å²) >= 11 is 1.64. The minimum Gasteiger partial charge on any atom is -0.337 e. The average Bonchev–Trinajstić information content (AvgIpc) is 3.61. The molecule has 0 radical (unpaired) electrons. The summed E-state index contributed by atoms with van der Waals surface area (Å²) in [6.07, 6.45) is 7.38. The van der Waals surface area contributed by atoms with E-state index >= 15 is 0 Å². The summed E-state index contributed by atoms with van der Waals surface area (Å²) < 4.78 is 0. The number of nitrogens with one attached hydrogen (secondary N) is 3. The van der Waals surface area contributed by atoms with Crippen molar-refractivity contribution in [2.45, 2.75) is 13.5 Å². The summed E-state index contributed by atoms with van der Waals surface area (Å²) in [5, 5.41) is 15.9. The minimum atomic E-state index is 0.641. The summed E-state index contributed by atoms with van der Waals surface area (Å²) in [5.74, 6) is 0.704. The number of aromatic amines is 2. The first kappa shape index (κ1) is 19.7. The lowest BCUT2D eigenvalue weighted by molar-refractivity contribution is 0.724. The zero-order valence-electron chi connectivity index (χ0n) is 17.8. The molecule has 0 atom stereocenters. The average molecular weight is 453 g/mol. The van der Waals surface area contributed by atoms with Crippen molar-refractivity contribution in [1.82, 2.24) is 40.4 Å². The van der Waals surface area contributed by atoms with Gasteiger partial charge in [0.25, 0.3) is 0 Å². The molecule has 3 N–H and O–H groups in total. The van der Waals surface area contributed by atoms with E-state index in [0.29, 0.717) is 11.5 Å². The van der Waals surface area contributed by atoms with Crippen molar-refractivity contribution in [2.75, 3.05) is 6.54 Å². The van der Waals surface area contributed by atoms with Crippen LogP contribution in [0.2, 0.25) is 0 Å². The molecule has 9 heteroatoms. The topological polar surface area (TPSA) is 108 Å². The molecule has 6 aromatic heterocycles. The number of imidazole rings is 1. The van der Waals surface area contributed by atoms with Crippen LogP contribution in [0.1, 0.15) is 12.5 Å². The van der Waals surface area contributed by atoms with E-state index in [1.54, 1.807) is 17.5 Å². The molecule has 6 aromatic rings. The molecule has 0 aliphatic carbocycles. The molecule has 0 aliphatic heterocycles. The molecule has 0 fully saturated rings. The van der Waals surface area contributed by atoms with Crippen molar-refractivity contribution in [3.8, 4) is 33.9 Å². The van der Waals surface area contributed by atoms with Gasteiger partial charge in [-0.15, -0.1) is 0 Å². The van der Waals surface area contributed by atoms with E-state index in [-0.39, 0.29) is 0 Å². The molecule has 0 unspecified atom stereocenters. The van der Waals surface area contributed by atoms with Crippen LogP contribution in [0.25, 0.3) is 56.0 Å². The molecular weight excluding hydrogens is 432 g/mol. The van der Waals surface area contributed by atoms with Crippen LogP contribution in [0.5, 0.6) is 0 Å². The zero-order valence-corrected chi connectivity index (χ0v) is 18.6. The van der Waals surface area contributed by atoms with Crippen LogP contribution < -0.4 is 5.32 Å². The van der Waals surface area contributed by atoms with Gasteiger partial charge in [-0.25, -0.2) is 9.97 Å². The summed E-state index contributed by atoms with van der Waals surface area (Å²) in [5.41, 5.74) is 8.24. The summed E-state index contributed by atoms with van der Waals surface area (Å²) in [6, 6.07) is 8.21. The Morgan fingerprint density at radius 3 is 2.85 bits per heavy atom. The van der Waals surface area contributed by atoms with Gasteiger partial charge in [-0.1, -0.05) is 6.92 Å². The molecule has 0 saturated heterocycles. The van der Waals surface area contributed by atoms with Gasteiger partial charge in [-0.3, -0.25) is 15.1 Å². The first-order valence-electron chi connectivity index (χ1n) is 10.7. The van der Waals surface area contributed by atoms with Crippen molar-refractivity contribution >= 4 is 33.4 Å². The van der Waals surface area contributed by atoms with Crippen molar-refractivity contribution in [3.63, 3.8) is 0 Å². The van der Waals surface area contributed by atoms with Crippen LogP contribution in [0, 0.1) is 0 Å². The summed E-state index contributed by atoms with van der Waals surface area (Å²) in [7, 11) is 0. The smallest absolute Gasteiger partial charge is 0.181 e. The van der Waals surface area contributed by atoms with Crippen LogP contribution in [-0.4, -0.2) is 41.7 Å². The quantitative estimate of drug-likeness (QED) is 0.335. The molecule has 0 spiro atoms. The number of aromatic nitrogens is 7. The van der Waals surface area contributed by atoms with E-state index in [1.165, 1.54) is 0 Å². The van der Waals surface area contributed by atoms with Crippen LogP contribution in [0.3, 0.4) is 0 Å². The monoisotopic (exact) mass is 452 g/mol. The third-order valence-electron chi connectivity index (χ3n) is 5.55. The maximum absolute atomic E-state index is 4.88. The SMILES string of the molecule is CCNCc1cncc(-c2cnc3n[nH]c(-c4nc5c(-c6ccsc6)nccc5[nH]4)c3c2)c1. The van der Waals surface area contributed by atoms with Gasteiger partial charge in [0.05, 0.1) is 16.6 Å². The van der Waals surface area contributed by atoms with E-state index in [0.717, 1.165) is 63.2 Å². The second-order valence-electron chi connectivity index (χ2n) is 7.71. The van der Waals surface area contributed by atoms with Gasteiger partial charge in [0.1, 0.15) is 11.2 Å². The number of rotatable bonds is 6. The van der Waals surface area contributed by atoms with Crippen molar-refractivity contribution in [3.05, 3.63) is 65.4 Å². The largest absolute Gasteiger partial charge is 0.337 e. The molecule has 162 valence electrons. The number of hydrogen-bond acceptors (Lipinski definition) is 7. The Balaban J connectivity index is 1.44. The molecule has 6 rings (SSSR count). The highest BCUT2D eigenvalue weighted by atomic mass is 32.1. The lowest BCUT2D eigenvalue weighted by atomic mass is 10.1. The fraction of sp³-hybridized carbons (Fsp3) is 0.125. The molecule has 0 amide bonds. The van der Waals surface area contributed by atoms with Gasteiger partial charge >= 0.3 is 0 Å². The summed E-state index contributed by atoms with van der Waals surface area (Å²) in [6.45, 7) is 3.79. The maximum Gasteiger partial charge on any atom is 0.181 e. The molecule has 33 heavy (non-hydrogen) atoms. The van der Waals surface area contributed by atoms with Gasteiger partial charge in [0.2, 0.25) is 0 Å². The van der Waals surface area contributed by atoms with Gasteiger partial charge in [-0.05, 0) is 41.8 Å². The molecule has 6 heterocycles. The Morgan fingerprint density at radius 1 is 1.03 bits per heavy atom. The van der Waals surface area contributed by atoms with Crippen molar-refractivity contribution in [1.29, 1.82) is 0 Å². The fourth-order valence-corrected chi connectivity index (χ4v) is 4.55. The second kappa shape index (κ2) is 8.19. The predicted octanol–water partition coefficient (Wildman–Crippen LogP) is 4.80. The molecular formula is C24H20N8S. The Bertz CT molecular complexity index is 1560. The third kappa shape index (κ3) is 3.57. The predicted molar refractivity (Wildman–Crippen MR) is 131 cm³/mol. The van der Waals surface area contributed by atoms with E-state index in [2.05, 4.69) is 66.0 Å². The molecule has 8 nitrogen and oxygen atoms in total. The molecule has 0 aromatic carbocycles. The Labute approximate surface area is 193 Å². The van der Waals surface area contributed by atoms with E-state index in [1.807, 2.05) is 30.0 Å². The second-order valence-corrected chi connectivity index (χ2v) is 8.49. The first-order chi connectivity index (χ1) is 16.3. The highest BCUT2D eigenvalue weighted by molar-refractivity contribution is 7.08. The standard InChI is InChI=1S/C24H20N8S/c1-2-25-9-14-7-16(11-26-10-14)17-8-18-21(31-32-23(18)28-12-17)24-29-19-3-5-27-20(22(19)30-24)15-4-6-33-13-15/h3-8,10-13,25H,2,9H2,1H3,(H,29,30)(H,28,31,32). The summed E-state index contributed by atoms with van der Waals surface area (Å²) in [4.78, 5) is 21.8. The van der Waals surface area contributed by atoms with E-state index < -0.39 is 0 Å². The van der Waals surface area contributed by atoms with Crippen LogP contribution >= 0.6 is 11.3 Å². The number of pyridine rings is 3. The Kier molecular flexibility index (Phi) is 4.89.